The molecule has 0 fully saturated rings. The number of nitrogens with zero attached hydrogens (tertiary/aromatic N) is 2. The predicted molar refractivity (Wildman–Crippen MR) is 81.6 cm³/mol. The summed E-state index contributed by atoms with van der Waals surface area (Å²) in [6.45, 7) is 3.16. The minimum atomic E-state index is 0.355. The molecule has 3 heteroatoms. The van der Waals surface area contributed by atoms with Gasteiger partial charge in [-0.25, -0.2) is 4.98 Å². The van der Waals surface area contributed by atoms with E-state index in [0.29, 0.717) is 12.0 Å². The van der Waals surface area contributed by atoms with Crippen molar-refractivity contribution in [3.63, 3.8) is 0 Å². The highest BCUT2D eigenvalue weighted by atomic mass is 15.1. The summed E-state index contributed by atoms with van der Waals surface area (Å²) in [7, 11) is 2.09. The van der Waals surface area contributed by atoms with E-state index in [9.17, 15) is 0 Å². The van der Waals surface area contributed by atoms with Gasteiger partial charge in [-0.1, -0.05) is 31.2 Å². The summed E-state index contributed by atoms with van der Waals surface area (Å²) in [5.74, 6) is 1.79. The number of rotatable bonds is 4. The van der Waals surface area contributed by atoms with Crippen LogP contribution in [0.4, 0.5) is 0 Å². The van der Waals surface area contributed by atoms with Crippen molar-refractivity contribution in [2.75, 3.05) is 6.54 Å². The molecule has 1 aromatic carbocycles. The van der Waals surface area contributed by atoms with Crippen LogP contribution < -0.4 is 5.32 Å². The summed E-state index contributed by atoms with van der Waals surface area (Å²) < 4.78 is 2.15. The number of benzene rings is 1. The average Bonchev–Trinajstić information content (AvgIpc) is 2.90. The first-order valence-electron chi connectivity index (χ1n) is 7.57. The second kappa shape index (κ2) is 5.80. The van der Waals surface area contributed by atoms with Crippen molar-refractivity contribution in [3.05, 3.63) is 53.6 Å². The molecule has 0 bridgehead atoms. The minimum absolute atomic E-state index is 0.355. The molecule has 3 rings (SSSR count). The molecule has 0 aliphatic heterocycles. The molecule has 0 radical (unpaired) electrons. The third-order valence-corrected chi connectivity index (χ3v) is 4.42. The Balaban J connectivity index is 1.85. The summed E-state index contributed by atoms with van der Waals surface area (Å²) in [5.41, 5.74) is 3.04. The molecule has 0 saturated carbocycles. The predicted octanol–water partition coefficient (Wildman–Crippen LogP) is 2.88. The number of fused-ring (bicyclic) bond motifs is 1. The summed E-state index contributed by atoms with van der Waals surface area (Å²) in [6, 6.07) is 9.22. The van der Waals surface area contributed by atoms with Crippen LogP contribution in [-0.2, 0) is 19.9 Å². The molecule has 0 amide bonds. The van der Waals surface area contributed by atoms with E-state index in [2.05, 4.69) is 53.1 Å². The van der Waals surface area contributed by atoms with Crippen LogP contribution in [0.1, 0.15) is 36.3 Å². The standard InChI is InChI=1S/C17H23N3/c1-3-18-16(17-19-10-11-20(17)2)15-9-8-13-6-4-5-7-14(13)12-15/h4-7,10-11,15-16,18H,3,8-9,12H2,1-2H3. The number of imidazole rings is 1. The van der Waals surface area contributed by atoms with Crippen LogP contribution in [0.15, 0.2) is 36.7 Å². The van der Waals surface area contributed by atoms with Gasteiger partial charge in [0.25, 0.3) is 0 Å². The smallest absolute Gasteiger partial charge is 0.125 e. The van der Waals surface area contributed by atoms with Gasteiger partial charge in [-0.05, 0) is 42.9 Å². The lowest BCUT2D eigenvalue weighted by molar-refractivity contribution is 0.314. The van der Waals surface area contributed by atoms with Crippen molar-refractivity contribution in [1.29, 1.82) is 0 Å². The van der Waals surface area contributed by atoms with Gasteiger partial charge in [-0.3, -0.25) is 0 Å². The second-order valence-corrected chi connectivity index (χ2v) is 5.70. The van der Waals surface area contributed by atoms with Crippen molar-refractivity contribution in [3.8, 4) is 0 Å². The van der Waals surface area contributed by atoms with Crippen LogP contribution in [0.2, 0.25) is 0 Å². The molecular formula is C17H23N3. The molecule has 1 aromatic heterocycles. The highest BCUT2D eigenvalue weighted by Crippen LogP contribution is 2.33. The Morgan fingerprint density at radius 1 is 1.35 bits per heavy atom. The zero-order valence-corrected chi connectivity index (χ0v) is 12.3. The second-order valence-electron chi connectivity index (χ2n) is 5.70. The highest BCUT2D eigenvalue weighted by Gasteiger charge is 2.28. The third kappa shape index (κ3) is 2.50. The Kier molecular flexibility index (Phi) is 3.88. The molecule has 1 N–H and O–H groups in total. The number of aryl methyl sites for hydroxylation is 2. The van der Waals surface area contributed by atoms with Gasteiger partial charge in [0, 0.05) is 19.4 Å². The first-order chi connectivity index (χ1) is 9.79. The van der Waals surface area contributed by atoms with E-state index in [4.69, 9.17) is 0 Å². The quantitative estimate of drug-likeness (QED) is 0.925. The van der Waals surface area contributed by atoms with Crippen molar-refractivity contribution in [2.45, 2.75) is 32.2 Å². The topological polar surface area (TPSA) is 29.9 Å². The van der Waals surface area contributed by atoms with E-state index >= 15 is 0 Å². The molecule has 106 valence electrons. The van der Waals surface area contributed by atoms with Crippen molar-refractivity contribution < 1.29 is 0 Å². The summed E-state index contributed by atoms with van der Waals surface area (Å²) >= 11 is 0. The van der Waals surface area contributed by atoms with Crippen molar-refractivity contribution >= 4 is 0 Å². The van der Waals surface area contributed by atoms with Gasteiger partial charge in [0.15, 0.2) is 0 Å². The summed E-state index contributed by atoms with van der Waals surface area (Å²) in [5, 5.41) is 3.64. The molecule has 2 aromatic rings. The van der Waals surface area contributed by atoms with E-state index < -0.39 is 0 Å². The van der Waals surface area contributed by atoms with Gasteiger partial charge >= 0.3 is 0 Å². The van der Waals surface area contributed by atoms with E-state index in [-0.39, 0.29) is 0 Å². The number of aromatic nitrogens is 2. The maximum absolute atomic E-state index is 4.57. The van der Waals surface area contributed by atoms with Gasteiger partial charge in [-0.2, -0.15) is 0 Å². The fraction of sp³-hybridized carbons (Fsp3) is 0.471. The van der Waals surface area contributed by atoms with E-state index in [1.807, 2.05) is 12.4 Å². The molecule has 2 atom stereocenters. The van der Waals surface area contributed by atoms with E-state index in [1.54, 1.807) is 0 Å². The fourth-order valence-electron chi connectivity index (χ4n) is 3.38. The Bertz CT molecular complexity index is 573. The van der Waals surface area contributed by atoms with Crippen LogP contribution in [0.25, 0.3) is 0 Å². The van der Waals surface area contributed by atoms with E-state index in [0.717, 1.165) is 18.8 Å². The summed E-state index contributed by atoms with van der Waals surface area (Å²) in [6.07, 6.45) is 7.52. The molecule has 2 unspecified atom stereocenters. The van der Waals surface area contributed by atoms with Gasteiger partial charge in [0.2, 0.25) is 0 Å². The van der Waals surface area contributed by atoms with Crippen molar-refractivity contribution in [2.24, 2.45) is 13.0 Å². The van der Waals surface area contributed by atoms with Crippen LogP contribution in [0.3, 0.4) is 0 Å². The van der Waals surface area contributed by atoms with Gasteiger partial charge in [0.05, 0.1) is 6.04 Å². The molecule has 20 heavy (non-hydrogen) atoms. The summed E-state index contributed by atoms with van der Waals surface area (Å²) in [4.78, 5) is 4.57. The largest absolute Gasteiger partial charge is 0.337 e. The third-order valence-electron chi connectivity index (χ3n) is 4.42. The van der Waals surface area contributed by atoms with Gasteiger partial charge in [0.1, 0.15) is 5.82 Å². The Morgan fingerprint density at radius 3 is 2.85 bits per heavy atom. The zero-order chi connectivity index (χ0) is 13.9. The normalized spacial score (nSPS) is 19.6. The SMILES string of the molecule is CCNC(c1nccn1C)C1CCc2ccccc2C1. The lowest BCUT2D eigenvalue weighted by atomic mass is 9.79. The lowest BCUT2D eigenvalue weighted by Gasteiger charge is -2.31. The molecular weight excluding hydrogens is 246 g/mol. The van der Waals surface area contributed by atoms with Crippen LogP contribution in [0.5, 0.6) is 0 Å². The zero-order valence-electron chi connectivity index (χ0n) is 12.3. The molecule has 3 nitrogen and oxygen atoms in total. The minimum Gasteiger partial charge on any atom is -0.337 e. The maximum Gasteiger partial charge on any atom is 0.125 e. The lowest BCUT2D eigenvalue weighted by Crippen LogP contribution is -2.33. The van der Waals surface area contributed by atoms with Crippen LogP contribution in [0, 0.1) is 5.92 Å². The van der Waals surface area contributed by atoms with Gasteiger partial charge in [-0.15, -0.1) is 0 Å². The monoisotopic (exact) mass is 269 g/mol. The first-order valence-corrected chi connectivity index (χ1v) is 7.57. The highest BCUT2D eigenvalue weighted by molar-refractivity contribution is 5.30. The molecule has 0 spiro atoms. The Labute approximate surface area is 121 Å². The molecule has 1 aliphatic carbocycles. The molecule has 0 saturated heterocycles. The Hall–Kier alpha value is -1.61. The number of hydrogen-bond acceptors (Lipinski definition) is 2. The Morgan fingerprint density at radius 2 is 2.15 bits per heavy atom. The first kappa shape index (κ1) is 13.4. The number of nitrogens with one attached hydrogen (secondary N) is 1. The average molecular weight is 269 g/mol. The van der Waals surface area contributed by atoms with Crippen LogP contribution in [-0.4, -0.2) is 16.1 Å². The fourth-order valence-corrected chi connectivity index (χ4v) is 3.38. The maximum atomic E-state index is 4.57. The van der Waals surface area contributed by atoms with Crippen molar-refractivity contribution in [1.82, 2.24) is 14.9 Å². The van der Waals surface area contributed by atoms with Gasteiger partial charge < -0.3 is 9.88 Å². The number of hydrogen-bond donors (Lipinski definition) is 1. The van der Waals surface area contributed by atoms with Crippen LogP contribution >= 0.6 is 0 Å². The molecule has 1 heterocycles. The molecule has 1 aliphatic rings. The van der Waals surface area contributed by atoms with E-state index in [1.165, 1.54) is 24.0 Å².